The second-order valence-corrected chi connectivity index (χ2v) is 6.08. The summed E-state index contributed by atoms with van der Waals surface area (Å²) in [5, 5.41) is 12.9. The van der Waals surface area contributed by atoms with E-state index in [1.165, 1.54) is 0 Å². The van der Waals surface area contributed by atoms with Gasteiger partial charge in [-0.2, -0.15) is 0 Å². The molecule has 112 valence electrons. The number of hydrogen-bond donors (Lipinski definition) is 2. The van der Waals surface area contributed by atoms with Gasteiger partial charge in [0.15, 0.2) is 0 Å². The molecule has 0 aliphatic heterocycles. The van der Waals surface area contributed by atoms with Gasteiger partial charge in [0.25, 0.3) is 0 Å². The van der Waals surface area contributed by atoms with E-state index in [1.54, 1.807) is 12.1 Å². The lowest BCUT2D eigenvalue weighted by Crippen LogP contribution is -2.22. The summed E-state index contributed by atoms with van der Waals surface area (Å²) in [6.45, 7) is 5.41. The third-order valence-electron chi connectivity index (χ3n) is 3.04. The molecule has 0 fully saturated rings. The van der Waals surface area contributed by atoms with Crippen molar-refractivity contribution in [2.75, 3.05) is 0 Å². The summed E-state index contributed by atoms with van der Waals surface area (Å²) in [6, 6.07) is 13.6. The lowest BCUT2D eigenvalue weighted by Gasteiger charge is -2.15. The first-order valence-electron chi connectivity index (χ1n) is 6.97. The number of para-hydroxylation sites is 1. The molecule has 0 radical (unpaired) electrons. The maximum absolute atomic E-state index is 9.49. The third-order valence-corrected chi connectivity index (χ3v) is 3.67. The molecule has 4 heteroatoms. The van der Waals surface area contributed by atoms with E-state index >= 15 is 0 Å². The smallest absolute Gasteiger partial charge is 0.138 e. The fourth-order valence-corrected chi connectivity index (χ4v) is 2.49. The van der Waals surface area contributed by atoms with Gasteiger partial charge in [-0.15, -0.1) is 0 Å². The molecular formula is C17H20BrNO2. The monoisotopic (exact) mass is 349 g/mol. The standard InChI is InChI=1S/C17H20BrNO2/c1-12(2)19-10-14-6-4-8-16(18)17(14)21-11-13-5-3-7-15(20)9-13/h3-9,12,19-20H,10-11H2,1-2H3. The van der Waals surface area contributed by atoms with Gasteiger partial charge in [-0.05, 0) is 39.7 Å². The Kier molecular flexibility index (Phi) is 5.65. The second kappa shape index (κ2) is 7.48. The number of hydrogen-bond acceptors (Lipinski definition) is 3. The topological polar surface area (TPSA) is 41.5 Å². The van der Waals surface area contributed by atoms with E-state index < -0.39 is 0 Å². The van der Waals surface area contributed by atoms with Crippen LogP contribution in [0.2, 0.25) is 0 Å². The van der Waals surface area contributed by atoms with Crippen molar-refractivity contribution in [1.29, 1.82) is 0 Å². The summed E-state index contributed by atoms with van der Waals surface area (Å²) < 4.78 is 6.88. The van der Waals surface area contributed by atoms with Crippen molar-refractivity contribution < 1.29 is 9.84 Å². The van der Waals surface area contributed by atoms with E-state index in [0.717, 1.165) is 27.9 Å². The zero-order valence-electron chi connectivity index (χ0n) is 12.3. The van der Waals surface area contributed by atoms with Crippen molar-refractivity contribution in [2.24, 2.45) is 0 Å². The van der Waals surface area contributed by atoms with Crippen LogP contribution in [-0.2, 0) is 13.2 Å². The molecule has 21 heavy (non-hydrogen) atoms. The van der Waals surface area contributed by atoms with Gasteiger partial charge < -0.3 is 15.2 Å². The maximum Gasteiger partial charge on any atom is 0.138 e. The summed E-state index contributed by atoms with van der Waals surface area (Å²) >= 11 is 3.54. The first kappa shape index (κ1) is 15.9. The Hall–Kier alpha value is -1.52. The minimum Gasteiger partial charge on any atom is -0.508 e. The zero-order valence-corrected chi connectivity index (χ0v) is 13.9. The highest BCUT2D eigenvalue weighted by atomic mass is 79.9. The molecule has 3 nitrogen and oxygen atoms in total. The third kappa shape index (κ3) is 4.76. The van der Waals surface area contributed by atoms with Crippen LogP contribution in [0.25, 0.3) is 0 Å². The van der Waals surface area contributed by atoms with E-state index in [2.05, 4.69) is 41.2 Å². The van der Waals surface area contributed by atoms with Gasteiger partial charge in [-0.3, -0.25) is 0 Å². The zero-order chi connectivity index (χ0) is 15.2. The Morgan fingerprint density at radius 3 is 2.67 bits per heavy atom. The van der Waals surface area contributed by atoms with Gasteiger partial charge >= 0.3 is 0 Å². The van der Waals surface area contributed by atoms with Gasteiger partial charge in [0, 0.05) is 18.2 Å². The Morgan fingerprint density at radius 2 is 1.95 bits per heavy atom. The van der Waals surface area contributed by atoms with Crippen molar-refractivity contribution in [3.63, 3.8) is 0 Å². The molecule has 0 aromatic heterocycles. The Balaban J connectivity index is 2.11. The van der Waals surface area contributed by atoms with Gasteiger partial charge in [0.05, 0.1) is 4.47 Å². The number of aromatic hydroxyl groups is 1. The molecule has 0 aliphatic rings. The van der Waals surface area contributed by atoms with Crippen LogP contribution in [0.15, 0.2) is 46.9 Å². The summed E-state index contributed by atoms with van der Waals surface area (Å²) in [4.78, 5) is 0. The number of phenols is 1. The second-order valence-electron chi connectivity index (χ2n) is 5.22. The molecule has 2 N–H and O–H groups in total. The number of phenolic OH excluding ortho intramolecular Hbond substituents is 1. The van der Waals surface area contributed by atoms with Crippen LogP contribution in [0.1, 0.15) is 25.0 Å². The van der Waals surface area contributed by atoms with Crippen LogP contribution in [0.5, 0.6) is 11.5 Å². The van der Waals surface area contributed by atoms with Gasteiger partial charge in [-0.25, -0.2) is 0 Å². The number of rotatable bonds is 6. The molecule has 0 saturated carbocycles. The van der Waals surface area contributed by atoms with Crippen LogP contribution in [0, 0.1) is 0 Å². The molecule has 0 unspecified atom stereocenters. The Morgan fingerprint density at radius 1 is 1.19 bits per heavy atom. The van der Waals surface area contributed by atoms with Crippen molar-refractivity contribution in [2.45, 2.75) is 33.0 Å². The van der Waals surface area contributed by atoms with E-state index in [-0.39, 0.29) is 5.75 Å². The van der Waals surface area contributed by atoms with Gasteiger partial charge in [0.1, 0.15) is 18.1 Å². The predicted octanol–water partition coefficient (Wildman–Crippen LogP) is 4.23. The molecule has 2 aromatic carbocycles. The van der Waals surface area contributed by atoms with E-state index in [0.29, 0.717) is 12.6 Å². The molecule has 0 spiro atoms. The average Bonchev–Trinajstić information content (AvgIpc) is 2.44. The fraction of sp³-hybridized carbons (Fsp3) is 0.294. The van der Waals surface area contributed by atoms with Crippen LogP contribution in [0.4, 0.5) is 0 Å². The van der Waals surface area contributed by atoms with Crippen molar-refractivity contribution in [3.05, 3.63) is 58.1 Å². The highest BCUT2D eigenvalue weighted by Gasteiger charge is 2.09. The fourth-order valence-electron chi connectivity index (χ4n) is 1.97. The lowest BCUT2D eigenvalue weighted by molar-refractivity contribution is 0.299. The van der Waals surface area contributed by atoms with Gasteiger partial charge in [0.2, 0.25) is 0 Å². The molecule has 2 aromatic rings. The summed E-state index contributed by atoms with van der Waals surface area (Å²) in [5.74, 6) is 1.10. The first-order valence-corrected chi connectivity index (χ1v) is 7.77. The molecule has 0 atom stereocenters. The minimum atomic E-state index is 0.255. The highest BCUT2D eigenvalue weighted by molar-refractivity contribution is 9.10. The van der Waals surface area contributed by atoms with E-state index in [4.69, 9.17) is 4.74 Å². The Bertz CT molecular complexity index is 599. The normalized spacial score (nSPS) is 10.9. The Labute approximate surface area is 134 Å². The lowest BCUT2D eigenvalue weighted by atomic mass is 10.2. The van der Waals surface area contributed by atoms with E-state index in [1.807, 2.05) is 24.3 Å². The molecule has 0 heterocycles. The largest absolute Gasteiger partial charge is 0.508 e. The van der Waals surface area contributed by atoms with Crippen LogP contribution < -0.4 is 10.1 Å². The number of halogens is 1. The van der Waals surface area contributed by atoms with E-state index in [9.17, 15) is 5.11 Å². The quantitative estimate of drug-likeness (QED) is 0.819. The van der Waals surface area contributed by atoms with Crippen molar-refractivity contribution in [1.82, 2.24) is 5.32 Å². The van der Waals surface area contributed by atoms with Crippen LogP contribution in [0.3, 0.4) is 0 Å². The predicted molar refractivity (Wildman–Crippen MR) is 88.6 cm³/mol. The molecular weight excluding hydrogens is 330 g/mol. The SMILES string of the molecule is CC(C)NCc1cccc(Br)c1OCc1cccc(O)c1. The van der Waals surface area contributed by atoms with Crippen molar-refractivity contribution in [3.8, 4) is 11.5 Å². The van der Waals surface area contributed by atoms with Gasteiger partial charge in [-0.1, -0.05) is 38.1 Å². The highest BCUT2D eigenvalue weighted by Crippen LogP contribution is 2.30. The first-order chi connectivity index (χ1) is 10.1. The van der Waals surface area contributed by atoms with Crippen molar-refractivity contribution >= 4 is 15.9 Å². The number of nitrogens with one attached hydrogen (secondary N) is 1. The summed E-state index contributed by atoms with van der Waals surface area (Å²) in [7, 11) is 0. The molecule has 0 bridgehead atoms. The molecule has 0 saturated heterocycles. The van der Waals surface area contributed by atoms with Crippen LogP contribution >= 0.6 is 15.9 Å². The summed E-state index contributed by atoms with van der Waals surface area (Å²) in [6.07, 6.45) is 0. The molecule has 2 rings (SSSR count). The molecule has 0 amide bonds. The number of benzene rings is 2. The number of ether oxygens (including phenoxy) is 1. The molecule has 0 aliphatic carbocycles. The summed E-state index contributed by atoms with van der Waals surface area (Å²) in [5.41, 5.74) is 2.05. The minimum absolute atomic E-state index is 0.255. The van der Waals surface area contributed by atoms with Crippen LogP contribution in [-0.4, -0.2) is 11.1 Å². The average molecular weight is 350 g/mol. The maximum atomic E-state index is 9.49.